The van der Waals surface area contributed by atoms with Gasteiger partial charge in [-0.1, -0.05) is 78.9 Å². The number of carbonyl (C=O) groups excluding carboxylic acids is 5. The van der Waals surface area contributed by atoms with E-state index in [2.05, 4.69) is 15.6 Å². The topological polar surface area (TPSA) is 156 Å². The maximum atomic E-state index is 13.2. The maximum Gasteiger partial charge on any atom is 0.408 e. The molecule has 0 spiro atoms. The Hall–Kier alpha value is -5.65. The second kappa shape index (κ2) is 17.2. The molecule has 3 N–H and O–H groups in total. The summed E-state index contributed by atoms with van der Waals surface area (Å²) in [6.07, 6.45) is 0.567. The zero-order valence-electron chi connectivity index (χ0n) is 26.3. The van der Waals surface area contributed by atoms with Gasteiger partial charge < -0.3 is 34.7 Å². The minimum Gasteiger partial charge on any atom is -0.459 e. The van der Waals surface area contributed by atoms with Crippen molar-refractivity contribution in [2.75, 3.05) is 20.7 Å². The van der Waals surface area contributed by atoms with Crippen LogP contribution in [0.5, 0.6) is 0 Å². The van der Waals surface area contributed by atoms with Crippen LogP contribution in [0, 0.1) is 0 Å². The van der Waals surface area contributed by atoms with Crippen molar-refractivity contribution >= 4 is 40.7 Å². The summed E-state index contributed by atoms with van der Waals surface area (Å²) in [7, 11) is 3.07. The quantitative estimate of drug-likeness (QED) is 0.131. The number of amides is 3. The summed E-state index contributed by atoms with van der Waals surface area (Å²) in [5.74, 6) is -2.54. The van der Waals surface area contributed by atoms with Crippen molar-refractivity contribution in [3.05, 3.63) is 108 Å². The number of nitrogens with one attached hydrogen (secondary N) is 3. The van der Waals surface area contributed by atoms with E-state index in [-0.39, 0.29) is 32.5 Å². The van der Waals surface area contributed by atoms with Gasteiger partial charge in [0.1, 0.15) is 25.3 Å². The molecule has 0 saturated heterocycles. The van der Waals surface area contributed by atoms with Gasteiger partial charge >= 0.3 is 18.0 Å². The Bertz CT molecular complexity index is 1660. The van der Waals surface area contributed by atoms with Crippen molar-refractivity contribution < 1.29 is 38.2 Å². The predicted molar refractivity (Wildman–Crippen MR) is 173 cm³/mol. The predicted octanol–water partition coefficient (Wildman–Crippen LogP) is 3.65. The number of ether oxygens (including phenoxy) is 3. The molecule has 0 aliphatic rings. The van der Waals surface area contributed by atoms with Gasteiger partial charge in [0.15, 0.2) is 6.61 Å². The highest BCUT2D eigenvalue weighted by molar-refractivity contribution is 5.89. The van der Waals surface area contributed by atoms with Crippen LogP contribution in [-0.4, -0.2) is 72.5 Å². The van der Waals surface area contributed by atoms with Gasteiger partial charge in [-0.3, -0.25) is 9.59 Å². The van der Waals surface area contributed by atoms with E-state index in [1.54, 1.807) is 54.7 Å². The molecule has 2 atom stereocenters. The second-order valence-electron chi connectivity index (χ2n) is 11.0. The molecule has 47 heavy (non-hydrogen) atoms. The monoisotopic (exact) mass is 642 g/mol. The van der Waals surface area contributed by atoms with E-state index in [1.165, 1.54) is 19.0 Å². The van der Waals surface area contributed by atoms with Crippen molar-refractivity contribution in [3.8, 4) is 0 Å². The van der Waals surface area contributed by atoms with E-state index in [1.807, 2.05) is 36.4 Å². The van der Waals surface area contributed by atoms with Crippen molar-refractivity contribution in [2.45, 2.75) is 44.6 Å². The highest BCUT2D eigenvalue weighted by Gasteiger charge is 2.28. The molecule has 0 bridgehead atoms. The number of aromatic nitrogens is 1. The highest BCUT2D eigenvalue weighted by atomic mass is 16.6. The smallest absolute Gasteiger partial charge is 0.408 e. The van der Waals surface area contributed by atoms with Crippen LogP contribution in [0.1, 0.15) is 29.5 Å². The Morgan fingerprint density at radius 3 is 1.98 bits per heavy atom. The molecule has 0 fully saturated rings. The molecule has 1 heterocycles. The second-order valence-corrected chi connectivity index (χ2v) is 11.0. The molecule has 3 amide bonds. The van der Waals surface area contributed by atoms with Crippen LogP contribution in [0.3, 0.4) is 0 Å². The summed E-state index contributed by atoms with van der Waals surface area (Å²) >= 11 is 0. The third kappa shape index (κ3) is 10.7. The number of para-hydroxylation sites is 1. The number of alkyl carbamates (subject to hydrolysis) is 1. The van der Waals surface area contributed by atoms with E-state index < -0.39 is 48.5 Å². The molecule has 246 valence electrons. The lowest BCUT2D eigenvalue weighted by atomic mass is 10.0. The molecular weight excluding hydrogens is 604 g/mol. The molecule has 0 aliphatic carbocycles. The lowest BCUT2D eigenvalue weighted by molar-refractivity contribution is -0.153. The Balaban J connectivity index is 1.42. The van der Waals surface area contributed by atoms with E-state index >= 15 is 0 Å². The molecule has 12 heteroatoms. The summed E-state index contributed by atoms with van der Waals surface area (Å²) in [4.78, 5) is 68.5. The fraction of sp³-hybridized carbons (Fsp3) is 0.286. The van der Waals surface area contributed by atoms with Crippen LogP contribution in [-0.2, 0) is 53.0 Å². The molecular formula is C35H38N4O8. The number of hydrogen-bond acceptors (Lipinski definition) is 8. The van der Waals surface area contributed by atoms with Gasteiger partial charge in [-0.25, -0.2) is 14.4 Å². The fourth-order valence-electron chi connectivity index (χ4n) is 4.60. The van der Waals surface area contributed by atoms with Crippen LogP contribution in [0.25, 0.3) is 10.9 Å². The van der Waals surface area contributed by atoms with E-state index in [0.29, 0.717) is 0 Å². The van der Waals surface area contributed by atoms with Gasteiger partial charge in [-0.15, -0.1) is 0 Å². The van der Waals surface area contributed by atoms with Crippen LogP contribution >= 0.6 is 0 Å². The van der Waals surface area contributed by atoms with E-state index in [9.17, 15) is 24.0 Å². The third-order valence-corrected chi connectivity index (χ3v) is 7.23. The number of fused-ring (bicyclic) bond motifs is 1. The lowest BCUT2D eigenvalue weighted by Crippen LogP contribution is -2.46. The average molecular weight is 643 g/mol. The van der Waals surface area contributed by atoms with E-state index in [4.69, 9.17) is 14.2 Å². The number of carbonyl (C=O) groups is 5. The first-order chi connectivity index (χ1) is 22.7. The average Bonchev–Trinajstić information content (AvgIpc) is 3.50. The number of likely N-dealkylation sites (N-methyl/N-ethyl adjacent to an activating group) is 1. The minimum absolute atomic E-state index is 0.0209. The highest BCUT2D eigenvalue weighted by Crippen LogP contribution is 2.20. The zero-order chi connectivity index (χ0) is 33.6. The first kappa shape index (κ1) is 34.2. The van der Waals surface area contributed by atoms with Gasteiger partial charge in [0.05, 0.1) is 0 Å². The number of rotatable bonds is 15. The summed E-state index contributed by atoms with van der Waals surface area (Å²) < 4.78 is 16.0. The molecule has 0 saturated carbocycles. The van der Waals surface area contributed by atoms with Crippen molar-refractivity contribution in [1.82, 2.24) is 20.5 Å². The molecule has 0 radical (unpaired) electrons. The standard InChI is InChI=1S/C35H38N4O8/c1-39(2)32(41)23-46-34(43)30(19-26-20-36-28-16-10-9-15-27(26)28)37-31(40)18-17-29(33(42)45-21-24-11-5-3-6-12-24)38-35(44)47-22-25-13-7-4-8-14-25/h3-16,20,29-30,36H,17-19,21-23H2,1-2H3,(H,37,40)(H,38,44)/t29-,30-/m1/s1. The molecule has 4 aromatic rings. The molecule has 0 unspecified atom stereocenters. The van der Waals surface area contributed by atoms with Gasteiger partial charge in [0, 0.05) is 44.0 Å². The summed E-state index contributed by atoms with van der Waals surface area (Å²) in [6, 6.07) is 23.2. The van der Waals surface area contributed by atoms with Gasteiger partial charge in [0.2, 0.25) is 5.91 Å². The number of nitrogens with zero attached hydrogens (tertiary/aromatic N) is 1. The minimum atomic E-state index is -1.22. The molecule has 4 rings (SSSR count). The van der Waals surface area contributed by atoms with Crippen LogP contribution < -0.4 is 10.6 Å². The van der Waals surface area contributed by atoms with Gasteiger partial charge in [-0.05, 0) is 29.2 Å². The number of H-pyrrole nitrogens is 1. The van der Waals surface area contributed by atoms with Crippen LogP contribution in [0.4, 0.5) is 4.79 Å². The Labute approximate surface area is 272 Å². The third-order valence-electron chi connectivity index (χ3n) is 7.23. The summed E-state index contributed by atoms with van der Waals surface area (Å²) in [5, 5.41) is 6.04. The molecule has 0 aliphatic heterocycles. The van der Waals surface area contributed by atoms with Crippen molar-refractivity contribution in [2.24, 2.45) is 0 Å². The first-order valence-corrected chi connectivity index (χ1v) is 15.1. The van der Waals surface area contributed by atoms with E-state index in [0.717, 1.165) is 27.6 Å². The Morgan fingerprint density at radius 1 is 0.723 bits per heavy atom. The summed E-state index contributed by atoms with van der Waals surface area (Å²) in [5.41, 5.74) is 3.11. The summed E-state index contributed by atoms with van der Waals surface area (Å²) in [6.45, 7) is -0.545. The first-order valence-electron chi connectivity index (χ1n) is 15.1. The van der Waals surface area contributed by atoms with Gasteiger partial charge in [0.25, 0.3) is 5.91 Å². The molecule has 3 aromatic carbocycles. The Morgan fingerprint density at radius 2 is 1.32 bits per heavy atom. The lowest BCUT2D eigenvalue weighted by Gasteiger charge is -2.20. The Kier molecular flexibility index (Phi) is 12.5. The molecule has 12 nitrogen and oxygen atoms in total. The van der Waals surface area contributed by atoms with Crippen LogP contribution in [0.2, 0.25) is 0 Å². The number of esters is 2. The molecule has 1 aromatic heterocycles. The maximum absolute atomic E-state index is 13.2. The number of benzene rings is 3. The van der Waals surface area contributed by atoms with Crippen molar-refractivity contribution in [3.63, 3.8) is 0 Å². The van der Waals surface area contributed by atoms with Gasteiger partial charge in [-0.2, -0.15) is 0 Å². The fourth-order valence-corrected chi connectivity index (χ4v) is 4.60. The SMILES string of the molecule is CN(C)C(=O)COC(=O)[C@@H](Cc1c[nH]c2ccccc12)NC(=O)CC[C@@H](NC(=O)OCc1ccccc1)C(=O)OCc1ccccc1. The van der Waals surface area contributed by atoms with Crippen LogP contribution in [0.15, 0.2) is 91.1 Å². The number of hydrogen-bond donors (Lipinski definition) is 3. The number of aromatic amines is 1. The largest absolute Gasteiger partial charge is 0.459 e. The normalized spacial score (nSPS) is 12.0. The van der Waals surface area contributed by atoms with Crippen molar-refractivity contribution in [1.29, 1.82) is 0 Å². The zero-order valence-corrected chi connectivity index (χ0v) is 26.3.